The molecule has 2 heterocycles. The number of hydrogen-bond donors (Lipinski definition) is 2. The number of aliphatic hydroxyl groups excluding tert-OH is 1. The van der Waals surface area contributed by atoms with Gasteiger partial charge in [0, 0.05) is 17.0 Å². The second kappa shape index (κ2) is 6.97. The van der Waals surface area contributed by atoms with Gasteiger partial charge in [0.2, 0.25) is 11.5 Å². The van der Waals surface area contributed by atoms with Crippen molar-refractivity contribution in [2.75, 3.05) is 20.8 Å². The Bertz CT molecular complexity index is 1090. The monoisotopic (exact) mass is 386 g/mol. The molecule has 0 radical (unpaired) electrons. The summed E-state index contributed by atoms with van der Waals surface area (Å²) in [5, 5.41) is 20.3. The molecule has 0 amide bonds. The van der Waals surface area contributed by atoms with Gasteiger partial charge in [0.25, 0.3) is 0 Å². The number of aromatic hydroxyl groups is 1. The topological polar surface area (TPSA) is 108 Å². The van der Waals surface area contributed by atoms with Crippen molar-refractivity contribution in [1.29, 1.82) is 0 Å². The van der Waals surface area contributed by atoms with Crippen molar-refractivity contribution in [1.82, 2.24) is 0 Å². The van der Waals surface area contributed by atoms with Gasteiger partial charge in [-0.05, 0) is 24.3 Å². The van der Waals surface area contributed by atoms with Crippen LogP contribution in [0.4, 0.5) is 0 Å². The number of ether oxygens (including phenoxy) is 4. The zero-order valence-corrected chi connectivity index (χ0v) is 15.2. The van der Waals surface area contributed by atoms with Crippen LogP contribution < -0.4 is 24.6 Å². The van der Waals surface area contributed by atoms with Crippen LogP contribution in [0.5, 0.6) is 28.7 Å². The Morgan fingerprint density at radius 1 is 1.00 bits per heavy atom. The van der Waals surface area contributed by atoms with Crippen molar-refractivity contribution < 1.29 is 33.6 Å². The van der Waals surface area contributed by atoms with E-state index in [1.165, 1.54) is 26.4 Å². The lowest BCUT2D eigenvalue weighted by Gasteiger charge is -2.34. The van der Waals surface area contributed by atoms with Crippen LogP contribution in [0.25, 0.3) is 11.0 Å². The first kappa shape index (κ1) is 18.0. The first-order chi connectivity index (χ1) is 13.5. The smallest absolute Gasteiger partial charge is 0.336 e. The van der Waals surface area contributed by atoms with E-state index in [9.17, 15) is 15.0 Å². The third-order valence-corrected chi connectivity index (χ3v) is 4.57. The molecule has 0 saturated heterocycles. The first-order valence-electron chi connectivity index (χ1n) is 8.51. The maximum atomic E-state index is 11.7. The standard InChI is InChI=1S/C20H18O8/c1-24-13-7-10(3-5-12(13)22)17-15(9-21)26-20-18-11(4-6-16(23)27-18)8-14(25-2)19(20)28-17/h3-8,15,17,21-22H,9H2,1-2H3/t15-,17-/m0/s1. The van der Waals surface area contributed by atoms with Gasteiger partial charge >= 0.3 is 5.63 Å². The van der Waals surface area contributed by atoms with Gasteiger partial charge in [0.15, 0.2) is 35.0 Å². The molecule has 0 bridgehead atoms. The van der Waals surface area contributed by atoms with Crippen LogP contribution in [-0.2, 0) is 0 Å². The van der Waals surface area contributed by atoms with E-state index in [1.807, 2.05) is 0 Å². The normalized spacial score (nSPS) is 18.1. The largest absolute Gasteiger partial charge is 0.504 e. The minimum absolute atomic E-state index is 0.0192. The van der Waals surface area contributed by atoms with Gasteiger partial charge in [-0.3, -0.25) is 0 Å². The Labute approximate surface area is 159 Å². The van der Waals surface area contributed by atoms with Gasteiger partial charge in [-0.2, -0.15) is 0 Å². The highest BCUT2D eigenvalue weighted by Crippen LogP contribution is 2.49. The number of benzene rings is 2. The fraction of sp³-hybridized carbons (Fsp3) is 0.250. The summed E-state index contributed by atoms with van der Waals surface area (Å²) >= 11 is 0. The second-order valence-corrected chi connectivity index (χ2v) is 6.22. The summed E-state index contributed by atoms with van der Waals surface area (Å²) in [6, 6.07) is 9.29. The predicted octanol–water partition coefficient (Wildman–Crippen LogP) is 2.39. The molecule has 1 aliphatic rings. The Morgan fingerprint density at radius 3 is 2.50 bits per heavy atom. The third kappa shape index (κ3) is 2.87. The Kier molecular flexibility index (Phi) is 4.48. The van der Waals surface area contributed by atoms with E-state index < -0.39 is 17.8 Å². The summed E-state index contributed by atoms with van der Waals surface area (Å²) < 4.78 is 28.0. The Morgan fingerprint density at radius 2 is 1.79 bits per heavy atom. The SMILES string of the molecule is COc1cc([C@@H]2Oc3c(OC)cc4ccc(=O)oc4c3O[C@H]2CO)ccc1O. The van der Waals surface area contributed by atoms with Crippen molar-refractivity contribution in [2.24, 2.45) is 0 Å². The zero-order valence-electron chi connectivity index (χ0n) is 15.2. The number of rotatable bonds is 4. The van der Waals surface area contributed by atoms with Gasteiger partial charge in [0.05, 0.1) is 20.8 Å². The van der Waals surface area contributed by atoms with Crippen molar-refractivity contribution in [3.05, 3.63) is 52.4 Å². The molecule has 0 aliphatic carbocycles. The lowest BCUT2D eigenvalue weighted by Crippen LogP contribution is -2.36. The molecule has 2 N–H and O–H groups in total. The van der Waals surface area contributed by atoms with E-state index in [2.05, 4.69) is 0 Å². The molecule has 0 fully saturated rings. The first-order valence-corrected chi connectivity index (χ1v) is 8.51. The molecule has 0 spiro atoms. The molecule has 146 valence electrons. The van der Waals surface area contributed by atoms with Gasteiger partial charge in [-0.25, -0.2) is 4.79 Å². The molecule has 2 aromatic carbocycles. The number of aliphatic hydroxyl groups is 1. The molecule has 0 unspecified atom stereocenters. The van der Waals surface area contributed by atoms with Gasteiger partial charge in [0.1, 0.15) is 0 Å². The molecule has 0 saturated carbocycles. The fourth-order valence-electron chi connectivity index (χ4n) is 3.21. The van der Waals surface area contributed by atoms with Crippen LogP contribution in [0.1, 0.15) is 11.7 Å². The third-order valence-electron chi connectivity index (χ3n) is 4.57. The van der Waals surface area contributed by atoms with E-state index >= 15 is 0 Å². The van der Waals surface area contributed by atoms with Crippen LogP contribution >= 0.6 is 0 Å². The van der Waals surface area contributed by atoms with E-state index in [0.29, 0.717) is 16.7 Å². The minimum Gasteiger partial charge on any atom is -0.504 e. The summed E-state index contributed by atoms with van der Waals surface area (Å²) in [6.45, 7) is -0.358. The maximum absolute atomic E-state index is 11.7. The van der Waals surface area contributed by atoms with Crippen LogP contribution in [0.15, 0.2) is 45.6 Å². The van der Waals surface area contributed by atoms with Crippen LogP contribution in [0.3, 0.4) is 0 Å². The predicted molar refractivity (Wildman–Crippen MR) is 98.6 cm³/mol. The number of phenols is 1. The van der Waals surface area contributed by atoms with E-state index in [1.54, 1.807) is 24.3 Å². The van der Waals surface area contributed by atoms with Gasteiger partial charge in [-0.1, -0.05) is 6.07 Å². The highest BCUT2D eigenvalue weighted by Gasteiger charge is 2.37. The zero-order chi connectivity index (χ0) is 19.8. The molecule has 3 aromatic rings. The average Bonchev–Trinajstić information content (AvgIpc) is 2.72. The van der Waals surface area contributed by atoms with Crippen molar-refractivity contribution >= 4 is 11.0 Å². The van der Waals surface area contributed by atoms with E-state index in [0.717, 1.165) is 0 Å². The molecular formula is C20H18O8. The molecule has 4 rings (SSSR count). The molecule has 28 heavy (non-hydrogen) atoms. The van der Waals surface area contributed by atoms with Gasteiger partial charge in [-0.15, -0.1) is 0 Å². The van der Waals surface area contributed by atoms with Crippen molar-refractivity contribution in [3.63, 3.8) is 0 Å². The molecular weight excluding hydrogens is 368 g/mol. The summed E-state index contributed by atoms with van der Waals surface area (Å²) in [6.07, 6.45) is -1.50. The molecule has 2 atom stereocenters. The number of fused-ring (bicyclic) bond motifs is 3. The Balaban J connectivity index is 1.87. The molecule has 8 nitrogen and oxygen atoms in total. The molecule has 1 aliphatic heterocycles. The number of hydrogen-bond acceptors (Lipinski definition) is 8. The summed E-state index contributed by atoms with van der Waals surface area (Å²) in [4.78, 5) is 11.7. The Hall–Kier alpha value is -3.39. The highest BCUT2D eigenvalue weighted by molar-refractivity contribution is 5.88. The van der Waals surface area contributed by atoms with Crippen molar-refractivity contribution in [3.8, 4) is 28.7 Å². The summed E-state index contributed by atoms with van der Waals surface area (Å²) in [7, 11) is 2.92. The van der Waals surface area contributed by atoms with E-state index in [4.69, 9.17) is 23.4 Å². The van der Waals surface area contributed by atoms with Crippen LogP contribution in [-0.4, -0.2) is 37.1 Å². The fourth-order valence-corrected chi connectivity index (χ4v) is 3.21. The maximum Gasteiger partial charge on any atom is 0.336 e. The number of phenolic OH excluding ortho intramolecular Hbond substituents is 1. The number of methoxy groups -OCH3 is 2. The van der Waals surface area contributed by atoms with Gasteiger partial charge < -0.3 is 33.6 Å². The van der Waals surface area contributed by atoms with Crippen LogP contribution in [0, 0.1) is 0 Å². The van der Waals surface area contributed by atoms with Crippen LogP contribution in [0.2, 0.25) is 0 Å². The average molecular weight is 386 g/mol. The van der Waals surface area contributed by atoms with Crippen molar-refractivity contribution in [2.45, 2.75) is 12.2 Å². The van der Waals surface area contributed by atoms with E-state index in [-0.39, 0.29) is 35.2 Å². The molecule has 1 aromatic heterocycles. The summed E-state index contributed by atoms with van der Waals surface area (Å²) in [5.74, 6) is 1.08. The lowest BCUT2D eigenvalue weighted by molar-refractivity contribution is -0.0135. The quantitative estimate of drug-likeness (QED) is 0.658. The lowest BCUT2D eigenvalue weighted by atomic mass is 10.0. The second-order valence-electron chi connectivity index (χ2n) is 6.22. The molecule has 8 heteroatoms. The minimum atomic E-state index is -0.789. The summed E-state index contributed by atoms with van der Waals surface area (Å²) in [5.41, 5.74) is 0.300. The highest BCUT2D eigenvalue weighted by atomic mass is 16.6.